The van der Waals surface area contributed by atoms with Crippen molar-refractivity contribution >= 4 is 21.4 Å². The Morgan fingerprint density at radius 3 is 2.54 bits per heavy atom. The summed E-state index contributed by atoms with van der Waals surface area (Å²) in [6.07, 6.45) is 0.601. The number of rotatable bonds is 11. The molecule has 1 atom stereocenters. The SMILES string of the molecule is CC#CC(Cc1nn[nH]n1)c1ccc(OCc2ccc3scc(-c4ccc(OCCOC)cc4C)c3c2)cc1. The summed E-state index contributed by atoms with van der Waals surface area (Å²) < 4.78 is 18.3. The van der Waals surface area contributed by atoms with E-state index in [1.54, 1.807) is 18.4 Å². The third-order valence-electron chi connectivity index (χ3n) is 6.46. The van der Waals surface area contributed by atoms with Crippen molar-refractivity contribution < 1.29 is 14.2 Å². The van der Waals surface area contributed by atoms with Crippen LogP contribution in [0.2, 0.25) is 0 Å². The summed E-state index contributed by atoms with van der Waals surface area (Å²) in [5.41, 5.74) is 5.83. The molecule has 198 valence electrons. The molecular weight excluding hydrogens is 508 g/mol. The van der Waals surface area contributed by atoms with Gasteiger partial charge in [-0.1, -0.05) is 35.4 Å². The zero-order valence-corrected chi connectivity index (χ0v) is 23.0. The van der Waals surface area contributed by atoms with E-state index in [0.717, 1.165) is 22.6 Å². The summed E-state index contributed by atoms with van der Waals surface area (Å²) in [6.45, 7) is 5.55. The molecule has 5 aromatic rings. The van der Waals surface area contributed by atoms with Crippen molar-refractivity contribution in [1.82, 2.24) is 20.6 Å². The van der Waals surface area contributed by atoms with Crippen molar-refractivity contribution in [3.63, 3.8) is 0 Å². The first kappa shape index (κ1) is 26.4. The molecule has 0 fully saturated rings. The molecule has 0 saturated carbocycles. The highest BCUT2D eigenvalue weighted by molar-refractivity contribution is 7.17. The van der Waals surface area contributed by atoms with Crippen LogP contribution in [0.5, 0.6) is 11.5 Å². The Hall–Kier alpha value is -4.19. The second kappa shape index (κ2) is 12.6. The van der Waals surface area contributed by atoms with E-state index in [0.29, 0.717) is 32.1 Å². The van der Waals surface area contributed by atoms with Crippen molar-refractivity contribution in [3.05, 3.63) is 88.6 Å². The summed E-state index contributed by atoms with van der Waals surface area (Å²) in [5.74, 6) is 8.56. The van der Waals surface area contributed by atoms with E-state index in [1.807, 2.05) is 25.1 Å². The molecular formula is C31H30N4O3S. The Bertz CT molecular complexity index is 1580. The van der Waals surface area contributed by atoms with Gasteiger partial charge in [0.15, 0.2) is 5.82 Å². The van der Waals surface area contributed by atoms with Gasteiger partial charge in [0.05, 0.1) is 12.5 Å². The van der Waals surface area contributed by atoms with Gasteiger partial charge in [0.2, 0.25) is 0 Å². The van der Waals surface area contributed by atoms with Gasteiger partial charge in [0, 0.05) is 29.2 Å². The molecule has 0 aliphatic heterocycles. The van der Waals surface area contributed by atoms with E-state index in [-0.39, 0.29) is 5.92 Å². The summed E-state index contributed by atoms with van der Waals surface area (Å²) in [5, 5.41) is 17.7. The Labute approximate surface area is 232 Å². The molecule has 0 amide bonds. The highest BCUT2D eigenvalue weighted by Gasteiger charge is 2.14. The molecule has 2 heterocycles. The minimum atomic E-state index is -0.00416. The monoisotopic (exact) mass is 538 g/mol. The first-order chi connectivity index (χ1) is 19.1. The average Bonchev–Trinajstić information content (AvgIpc) is 3.62. The lowest BCUT2D eigenvalue weighted by Gasteiger charge is -2.12. The Morgan fingerprint density at radius 1 is 0.949 bits per heavy atom. The van der Waals surface area contributed by atoms with Gasteiger partial charge >= 0.3 is 0 Å². The van der Waals surface area contributed by atoms with E-state index >= 15 is 0 Å². The van der Waals surface area contributed by atoms with Crippen molar-refractivity contribution in [2.45, 2.75) is 32.8 Å². The average molecular weight is 539 g/mol. The molecule has 8 heteroatoms. The summed E-state index contributed by atoms with van der Waals surface area (Å²) in [7, 11) is 1.67. The van der Waals surface area contributed by atoms with Crippen molar-refractivity contribution in [3.8, 4) is 34.5 Å². The second-order valence-corrected chi connectivity index (χ2v) is 10.0. The zero-order valence-electron chi connectivity index (χ0n) is 22.2. The number of hydrogen-bond acceptors (Lipinski definition) is 7. The fourth-order valence-electron chi connectivity index (χ4n) is 4.49. The number of ether oxygens (including phenoxy) is 3. The smallest absolute Gasteiger partial charge is 0.176 e. The maximum Gasteiger partial charge on any atom is 0.176 e. The number of benzene rings is 3. The van der Waals surface area contributed by atoms with Crippen LogP contribution in [0.25, 0.3) is 21.2 Å². The largest absolute Gasteiger partial charge is 0.491 e. The van der Waals surface area contributed by atoms with Crippen LogP contribution in [-0.4, -0.2) is 40.9 Å². The zero-order chi connectivity index (χ0) is 27.0. The van der Waals surface area contributed by atoms with Crippen LogP contribution in [-0.2, 0) is 17.8 Å². The van der Waals surface area contributed by atoms with Crippen LogP contribution in [0.1, 0.15) is 35.4 Å². The van der Waals surface area contributed by atoms with Crippen LogP contribution in [0.3, 0.4) is 0 Å². The molecule has 0 bridgehead atoms. The number of nitrogens with zero attached hydrogens (tertiary/aromatic N) is 3. The minimum Gasteiger partial charge on any atom is -0.491 e. The van der Waals surface area contributed by atoms with Crippen LogP contribution >= 0.6 is 11.3 Å². The maximum atomic E-state index is 6.15. The predicted molar refractivity (Wildman–Crippen MR) is 154 cm³/mol. The van der Waals surface area contributed by atoms with Gasteiger partial charge < -0.3 is 14.2 Å². The number of tetrazole rings is 1. The van der Waals surface area contributed by atoms with Crippen LogP contribution in [0.15, 0.2) is 66.0 Å². The number of methoxy groups -OCH3 is 1. The first-order valence-electron chi connectivity index (χ1n) is 12.7. The van der Waals surface area contributed by atoms with E-state index in [1.165, 1.54) is 26.8 Å². The molecule has 0 aliphatic carbocycles. The van der Waals surface area contributed by atoms with Gasteiger partial charge in [-0.2, -0.15) is 5.21 Å². The molecule has 2 aromatic heterocycles. The van der Waals surface area contributed by atoms with E-state index in [9.17, 15) is 0 Å². The Kier molecular flexibility index (Phi) is 8.51. The van der Waals surface area contributed by atoms with E-state index in [2.05, 4.69) is 87.2 Å². The molecule has 0 radical (unpaired) electrons. The molecule has 7 nitrogen and oxygen atoms in total. The third-order valence-corrected chi connectivity index (χ3v) is 7.43. The van der Waals surface area contributed by atoms with Gasteiger partial charge in [-0.3, -0.25) is 0 Å². The molecule has 1 unspecified atom stereocenters. The number of aromatic amines is 1. The number of H-pyrrole nitrogens is 1. The molecule has 0 spiro atoms. The topological polar surface area (TPSA) is 82.2 Å². The van der Waals surface area contributed by atoms with Crippen LogP contribution < -0.4 is 9.47 Å². The molecule has 0 aliphatic rings. The highest BCUT2D eigenvalue weighted by Crippen LogP contribution is 2.37. The summed E-state index contributed by atoms with van der Waals surface area (Å²) in [6, 6.07) is 20.9. The molecule has 5 rings (SSSR count). The predicted octanol–water partition coefficient (Wildman–Crippen LogP) is 6.34. The molecule has 3 aromatic carbocycles. The van der Waals surface area contributed by atoms with Gasteiger partial charge in [0.25, 0.3) is 0 Å². The van der Waals surface area contributed by atoms with Gasteiger partial charge in [0.1, 0.15) is 24.7 Å². The van der Waals surface area contributed by atoms with E-state index in [4.69, 9.17) is 14.2 Å². The highest BCUT2D eigenvalue weighted by atomic mass is 32.1. The summed E-state index contributed by atoms with van der Waals surface area (Å²) >= 11 is 1.76. The van der Waals surface area contributed by atoms with Crippen LogP contribution in [0.4, 0.5) is 0 Å². The summed E-state index contributed by atoms with van der Waals surface area (Å²) in [4.78, 5) is 0. The molecule has 0 saturated heterocycles. The van der Waals surface area contributed by atoms with Gasteiger partial charge in [-0.05, 0) is 77.9 Å². The first-order valence-corrected chi connectivity index (χ1v) is 13.6. The number of thiophene rings is 1. The third kappa shape index (κ3) is 6.45. The minimum absolute atomic E-state index is 0.00416. The normalized spacial score (nSPS) is 11.7. The van der Waals surface area contributed by atoms with Crippen molar-refractivity contribution in [2.24, 2.45) is 0 Å². The maximum absolute atomic E-state index is 6.15. The molecule has 1 N–H and O–H groups in total. The number of nitrogens with one attached hydrogen (secondary N) is 1. The lowest BCUT2D eigenvalue weighted by molar-refractivity contribution is 0.146. The number of aromatic nitrogens is 4. The second-order valence-electron chi connectivity index (χ2n) is 9.13. The quantitative estimate of drug-likeness (QED) is 0.156. The Balaban J connectivity index is 1.28. The van der Waals surface area contributed by atoms with Gasteiger partial charge in [-0.25, -0.2) is 0 Å². The van der Waals surface area contributed by atoms with Crippen LogP contribution in [0, 0.1) is 18.8 Å². The standard InChI is InChI=1S/C31H30N4O3S/c1-4-5-24(18-31-32-34-35-33-31)23-7-9-25(10-8-23)38-19-22-6-13-30-28(17-22)29(20-39-30)27-12-11-26(16-21(27)2)37-15-14-36-3/h6-13,16-17,20,24H,14-15,18-19H2,1-3H3,(H,32,33,34,35). The van der Waals surface area contributed by atoms with Gasteiger partial charge in [-0.15, -0.1) is 27.5 Å². The number of fused-ring (bicyclic) bond motifs is 1. The van der Waals surface area contributed by atoms with Crippen molar-refractivity contribution in [1.29, 1.82) is 0 Å². The van der Waals surface area contributed by atoms with Crippen molar-refractivity contribution in [2.75, 3.05) is 20.3 Å². The Morgan fingerprint density at radius 2 is 1.79 bits per heavy atom. The molecule has 39 heavy (non-hydrogen) atoms. The lowest BCUT2D eigenvalue weighted by atomic mass is 9.96. The van der Waals surface area contributed by atoms with E-state index < -0.39 is 0 Å². The lowest BCUT2D eigenvalue weighted by Crippen LogP contribution is -2.04. The fraction of sp³-hybridized carbons (Fsp3) is 0.258. The fourth-order valence-corrected chi connectivity index (χ4v) is 5.43. The number of hydrogen-bond donors (Lipinski definition) is 1. The number of aryl methyl sites for hydroxylation is 1.